The van der Waals surface area contributed by atoms with Crippen molar-refractivity contribution in [2.45, 2.75) is 26.7 Å². The summed E-state index contributed by atoms with van der Waals surface area (Å²) in [5, 5.41) is 3.39. The second-order valence-corrected chi connectivity index (χ2v) is 5.13. The van der Waals surface area contributed by atoms with Crippen molar-refractivity contribution in [1.82, 2.24) is 4.90 Å². The maximum Gasteiger partial charge on any atom is 0.0983 e. The lowest BCUT2D eigenvalue weighted by molar-refractivity contribution is 0.232. The average Bonchev–Trinajstić information content (AvgIpc) is 2.32. The van der Waals surface area contributed by atoms with E-state index in [-0.39, 0.29) is 0 Å². The predicted octanol–water partition coefficient (Wildman–Crippen LogP) is 3.61. The Labute approximate surface area is 104 Å². The summed E-state index contributed by atoms with van der Waals surface area (Å²) in [6.07, 6.45) is 2.62. The van der Waals surface area contributed by atoms with Crippen LogP contribution in [0.15, 0.2) is 36.7 Å². The molecular formula is C15H22N2. The van der Waals surface area contributed by atoms with Gasteiger partial charge in [-0.25, -0.2) is 0 Å². The molecule has 0 spiro atoms. The molecule has 1 heterocycles. The quantitative estimate of drug-likeness (QED) is 0.853. The fraction of sp³-hybridized carbons (Fsp3) is 0.467. The first-order chi connectivity index (χ1) is 8.15. The molecule has 0 aromatic heterocycles. The number of anilines is 1. The molecule has 1 aliphatic heterocycles. The average molecular weight is 230 g/mol. The summed E-state index contributed by atoms with van der Waals surface area (Å²) >= 11 is 0. The van der Waals surface area contributed by atoms with E-state index >= 15 is 0 Å². The Bertz CT molecular complexity index is 380. The number of aryl methyl sites for hydroxylation is 1. The van der Waals surface area contributed by atoms with Crippen LogP contribution in [0.3, 0.4) is 0 Å². The smallest absolute Gasteiger partial charge is 0.0983 e. The molecular weight excluding hydrogens is 208 g/mol. The molecule has 1 fully saturated rings. The van der Waals surface area contributed by atoms with Crippen molar-refractivity contribution in [3.05, 3.63) is 42.2 Å². The first kappa shape index (κ1) is 12.0. The van der Waals surface area contributed by atoms with Crippen LogP contribution in [0.4, 0.5) is 5.69 Å². The van der Waals surface area contributed by atoms with Crippen LogP contribution in [-0.2, 0) is 0 Å². The van der Waals surface area contributed by atoms with Crippen LogP contribution in [0.2, 0.25) is 0 Å². The van der Waals surface area contributed by atoms with Crippen molar-refractivity contribution in [1.29, 1.82) is 0 Å². The first-order valence-corrected chi connectivity index (χ1v) is 6.42. The van der Waals surface area contributed by atoms with Gasteiger partial charge in [0.1, 0.15) is 0 Å². The molecule has 0 aliphatic carbocycles. The minimum atomic E-state index is 0.778. The van der Waals surface area contributed by atoms with Crippen LogP contribution in [0.1, 0.15) is 25.3 Å². The molecule has 1 saturated heterocycles. The van der Waals surface area contributed by atoms with Gasteiger partial charge in [-0.2, -0.15) is 0 Å². The minimum Gasteiger partial charge on any atom is -0.358 e. The number of benzene rings is 1. The van der Waals surface area contributed by atoms with E-state index in [0.29, 0.717) is 0 Å². The van der Waals surface area contributed by atoms with Crippen LogP contribution in [0.25, 0.3) is 0 Å². The predicted molar refractivity (Wildman–Crippen MR) is 73.9 cm³/mol. The maximum absolute atomic E-state index is 4.15. The number of nitrogens with zero attached hydrogens (tertiary/aromatic N) is 1. The second kappa shape index (κ2) is 5.26. The summed E-state index contributed by atoms with van der Waals surface area (Å²) in [6.45, 7) is 10.8. The number of hydrogen-bond acceptors (Lipinski definition) is 2. The van der Waals surface area contributed by atoms with Crippen LogP contribution in [-0.4, -0.2) is 18.0 Å². The Morgan fingerprint density at radius 1 is 1.35 bits per heavy atom. The van der Waals surface area contributed by atoms with E-state index < -0.39 is 0 Å². The van der Waals surface area contributed by atoms with Gasteiger partial charge in [-0.1, -0.05) is 31.2 Å². The van der Waals surface area contributed by atoms with Crippen LogP contribution in [0, 0.1) is 12.8 Å². The van der Waals surface area contributed by atoms with Crippen molar-refractivity contribution in [2.24, 2.45) is 5.92 Å². The van der Waals surface area contributed by atoms with Crippen LogP contribution < -0.4 is 5.32 Å². The summed E-state index contributed by atoms with van der Waals surface area (Å²) in [6, 6.07) is 8.45. The van der Waals surface area contributed by atoms with E-state index in [1.807, 2.05) is 0 Å². The molecule has 92 valence electrons. The van der Waals surface area contributed by atoms with Gasteiger partial charge in [0, 0.05) is 18.8 Å². The summed E-state index contributed by atoms with van der Waals surface area (Å²) in [5.41, 5.74) is 2.41. The zero-order valence-electron chi connectivity index (χ0n) is 10.9. The molecule has 0 radical (unpaired) electrons. The second-order valence-electron chi connectivity index (χ2n) is 5.13. The molecule has 1 aliphatic rings. The molecule has 1 unspecified atom stereocenters. The lowest BCUT2D eigenvalue weighted by Gasteiger charge is -2.34. The van der Waals surface area contributed by atoms with Gasteiger partial charge < -0.3 is 10.2 Å². The molecule has 17 heavy (non-hydrogen) atoms. The lowest BCUT2D eigenvalue weighted by Crippen LogP contribution is -2.35. The molecule has 2 heteroatoms. The topological polar surface area (TPSA) is 15.3 Å². The monoisotopic (exact) mass is 230 g/mol. The summed E-state index contributed by atoms with van der Waals surface area (Å²) in [5.74, 6) is 1.81. The molecule has 0 bridgehead atoms. The van der Waals surface area contributed by atoms with Crippen LogP contribution in [0.5, 0.6) is 0 Å². The lowest BCUT2D eigenvalue weighted by atomic mass is 10.0. The van der Waals surface area contributed by atoms with Crippen molar-refractivity contribution in [3.63, 3.8) is 0 Å². The zero-order valence-corrected chi connectivity index (χ0v) is 10.9. The van der Waals surface area contributed by atoms with Gasteiger partial charge in [0.25, 0.3) is 0 Å². The third kappa shape index (κ3) is 3.26. The van der Waals surface area contributed by atoms with Gasteiger partial charge in [-0.3, -0.25) is 0 Å². The standard InChI is InChI=1S/C15H22N2/c1-12-6-8-15(9-7-12)16-14(3)17-10-4-5-13(2)11-17/h6-9,13,16H,3-5,10-11H2,1-2H3. The first-order valence-electron chi connectivity index (χ1n) is 6.42. The van der Waals surface area contributed by atoms with Crippen molar-refractivity contribution in [2.75, 3.05) is 18.4 Å². The molecule has 0 saturated carbocycles. The number of piperidine rings is 1. The van der Waals surface area contributed by atoms with Gasteiger partial charge in [0.15, 0.2) is 0 Å². The molecule has 2 nitrogen and oxygen atoms in total. The SMILES string of the molecule is C=C(Nc1ccc(C)cc1)N1CCCC(C)C1. The van der Waals surface area contributed by atoms with Crippen molar-refractivity contribution >= 4 is 5.69 Å². The third-order valence-corrected chi connectivity index (χ3v) is 3.38. The van der Waals surface area contributed by atoms with E-state index in [9.17, 15) is 0 Å². The zero-order chi connectivity index (χ0) is 12.3. The Balaban J connectivity index is 1.94. The highest BCUT2D eigenvalue weighted by Crippen LogP contribution is 2.20. The fourth-order valence-electron chi connectivity index (χ4n) is 2.32. The molecule has 1 N–H and O–H groups in total. The van der Waals surface area contributed by atoms with Crippen LogP contribution >= 0.6 is 0 Å². The summed E-state index contributed by atoms with van der Waals surface area (Å²) < 4.78 is 0. The Morgan fingerprint density at radius 2 is 2.06 bits per heavy atom. The van der Waals surface area contributed by atoms with E-state index in [1.54, 1.807) is 0 Å². The van der Waals surface area contributed by atoms with Gasteiger partial charge in [-0.15, -0.1) is 0 Å². The number of nitrogens with one attached hydrogen (secondary N) is 1. The summed E-state index contributed by atoms with van der Waals surface area (Å²) in [7, 11) is 0. The third-order valence-electron chi connectivity index (χ3n) is 3.38. The van der Waals surface area contributed by atoms with E-state index in [0.717, 1.165) is 30.5 Å². The maximum atomic E-state index is 4.15. The van der Waals surface area contributed by atoms with Gasteiger partial charge in [0.2, 0.25) is 0 Å². The summed E-state index contributed by atoms with van der Waals surface area (Å²) in [4.78, 5) is 2.36. The van der Waals surface area contributed by atoms with Gasteiger partial charge in [0.05, 0.1) is 5.82 Å². The van der Waals surface area contributed by atoms with Gasteiger partial charge >= 0.3 is 0 Å². The highest BCUT2D eigenvalue weighted by molar-refractivity contribution is 5.48. The minimum absolute atomic E-state index is 0.778. The van der Waals surface area contributed by atoms with Crippen molar-refractivity contribution in [3.8, 4) is 0 Å². The molecule has 0 amide bonds. The molecule has 1 aromatic carbocycles. The number of hydrogen-bond donors (Lipinski definition) is 1. The Kier molecular flexibility index (Phi) is 3.72. The normalized spacial score (nSPS) is 20.1. The Hall–Kier alpha value is -1.44. The number of likely N-dealkylation sites (tertiary alicyclic amines) is 1. The molecule has 1 aromatic rings. The molecule has 1 atom stereocenters. The van der Waals surface area contributed by atoms with E-state index in [4.69, 9.17) is 0 Å². The fourth-order valence-corrected chi connectivity index (χ4v) is 2.32. The molecule has 2 rings (SSSR count). The highest BCUT2D eigenvalue weighted by atomic mass is 15.2. The van der Waals surface area contributed by atoms with E-state index in [2.05, 4.69) is 54.9 Å². The highest BCUT2D eigenvalue weighted by Gasteiger charge is 2.17. The van der Waals surface area contributed by atoms with E-state index in [1.165, 1.54) is 18.4 Å². The van der Waals surface area contributed by atoms with Crippen molar-refractivity contribution < 1.29 is 0 Å². The number of rotatable bonds is 3. The van der Waals surface area contributed by atoms with Gasteiger partial charge in [-0.05, 0) is 37.8 Å². The Morgan fingerprint density at radius 3 is 2.71 bits per heavy atom. The largest absolute Gasteiger partial charge is 0.358 e.